The molecule has 82 heavy (non-hydrogen) atoms. The molecule has 0 amide bonds. The molecule has 0 saturated carbocycles. The molecule has 14 rings (SSSR count). The Morgan fingerprint density at radius 3 is 1.57 bits per heavy atom. The van der Waals surface area contributed by atoms with Crippen molar-refractivity contribution in [2.24, 2.45) is 0 Å². The van der Waals surface area contributed by atoms with E-state index in [4.69, 9.17) is 4.42 Å². The van der Waals surface area contributed by atoms with Crippen LogP contribution in [0.3, 0.4) is 0 Å². The molecule has 3 nitrogen and oxygen atoms in total. The predicted molar refractivity (Wildman–Crippen MR) is 358 cm³/mol. The van der Waals surface area contributed by atoms with Gasteiger partial charge in [-0.25, -0.2) is 0 Å². The van der Waals surface area contributed by atoms with Crippen LogP contribution in [0.15, 0.2) is 217 Å². The number of nitrogens with one attached hydrogen (secondary N) is 1. The zero-order chi connectivity index (χ0) is 56.8. The minimum atomic E-state index is -1.73. The number of hydrogen-bond donors (Lipinski definition) is 1. The number of para-hydroxylation sites is 1. The van der Waals surface area contributed by atoms with Crippen molar-refractivity contribution in [2.45, 2.75) is 97.1 Å². The SMILES string of the molecule is CC(C)(C)c1ccc(Nc2ccc([Si](C)(C)C)cc2-c2ccc3c4c(c5ccccc5c3c2)-c2c(cc(N(c3ccc(C(C)(C)C)cc3)c3ccc([Si](C)(C)C)cc3)c3c2oc2ccccc23)C42c3ccccc3-c3ccccc32)cc1. The third kappa shape index (κ3) is 8.02. The highest BCUT2D eigenvalue weighted by atomic mass is 28.3. The lowest BCUT2D eigenvalue weighted by molar-refractivity contribution is 0.590. The maximum atomic E-state index is 7.56. The molecule has 404 valence electrons. The van der Waals surface area contributed by atoms with Gasteiger partial charge in [-0.15, -0.1) is 0 Å². The van der Waals surface area contributed by atoms with Gasteiger partial charge in [0, 0.05) is 39.3 Å². The van der Waals surface area contributed by atoms with Crippen LogP contribution in [-0.4, -0.2) is 16.1 Å². The molecule has 2 aliphatic carbocycles. The normalized spacial score (nSPS) is 13.7. The molecule has 2 aliphatic rings. The van der Waals surface area contributed by atoms with Crippen molar-refractivity contribution in [1.82, 2.24) is 0 Å². The fourth-order valence-electron chi connectivity index (χ4n) is 13.8. The quantitative estimate of drug-likeness (QED) is 0.121. The maximum absolute atomic E-state index is 7.56. The zero-order valence-electron chi connectivity index (χ0n) is 49.6. The summed E-state index contributed by atoms with van der Waals surface area (Å²) in [6, 6.07) is 81.3. The van der Waals surface area contributed by atoms with Gasteiger partial charge in [0.2, 0.25) is 0 Å². The molecule has 0 saturated heterocycles. The molecule has 0 bridgehead atoms. The van der Waals surface area contributed by atoms with Gasteiger partial charge in [0.25, 0.3) is 0 Å². The third-order valence-corrected chi connectivity index (χ3v) is 22.2. The topological polar surface area (TPSA) is 28.4 Å². The van der Waals surface area contributed by atoms with Gasteiger partial charge in [-0.3, -0.25) is 0 Å². The summed E-state index contributed by atoms with van der Waals surface area (Å²) < 4.78 is 7.56. The lowest BCUT2D eigenvalue weighted by Crippen LogP contribution is -2.37. The third-order valence-electron chi connectivity index (χ3n) is 18.1. The second-order valence-electron chi connectivity index (χ2n) is 27.4. The molecule has 1 heterocycles. The zero-order valence-corrected chi connectivity index (χ0v) is 51.6. The molecule has 11 aromatic carbocycles. The number of nitrogens with zero attached hydrogens (tertiary/aromatic N) is 1. The number of furan rings is 1. The molecule has 0 radical (unpaired) electrons. The highest BCUT2D eigenvalue weighted by molar-refractivity contribution is 6.89. The largest absolute Gasteiger partial charge is 0.455 e. The van der Waals surface area contributed by atoms with E-state index in [0.717, 1.165) is 50.4 Å². The molecule has 1 aromatic heterocycles. The van der Waals surface area contributed by atoms with Crippen LogP contribution in [0.4, 0.5) is 28.4 Å². The van der Waals surface area contributed by atoms with Crippen molar-refractivity contribution in [3.05, 3.63) is 246 Å². The first-order valence-corrected chi connectivity index (χ1v) is 36.4. The van der Waals surface area contributed by atoms with Crippen molar-refractivity contribution in [3.8, 4) is 33.4 Å². The van der Waals surface area contributed by atoms with Gasteiger partial charge in [0.05, 0.1) is 32.6 Å². The molecule has 5 heteroatoms. The number of hydrogen-bond acceptors (Lipinski definition) is 3. The van der Waals surface area contributed by atoms with E-state index in [9.17, 15) is 0 Å². The molecule has 1 N–H and O–H groups in total. The molecule has 12 aromatic rings. The van der Waals surface area contributed by atoms with E-state index in [1.54, 1.807) is 0 Å². The van der Waals surface area contributed by atoms with E-state index in [1.807, 2.05) is 0 Å². The summed E-state index contributed by atoms with van der Waals surface area (Å²) in [6.45, 7) is 28.4. The van der Waals surface area contributed by atoms with Gasteiger partial charge < -0.3 is 14.6 Å². The number of fused-ring (bicyclic) bond motifs is 19. The van der Waals surface area contributed by atoms with E-state index >= 15 is 0 Å². The van der Waals surface area contributed by atoms with Gasteiger partial charge in [0.1, 0.15) is 11.2 Å². The first-order chi connectivity index (χ1) is 39.2. The van der Waals surface area contributed by atoms with Gasteiger partial charge >= 0.3 is 0 Å². The van der Waals surface area contributed by atoms with E-state index in [-0.39, 0.29) is 10.8 Å². The summed E-state index contributed by atoms with van der Waals surface area (Å²) >= 11 is 0. The molecule has 1 spiro atoms. The second kappa shape index (κ2) is 18.4. The number of anilines is 5. The van der Waals surface area contributed by atoms with Crippen molar-refractivity contribution in [2.75, 3.05) is 10.2 Å². The Hall–Kier alpha value is -8.23. The molecule has 0 aliphatic heterocycles. The van der Waals surface area contributed by atoms with Crippen LogP contribution in [-0.2, 0) is 16.2 Å². The lowest BCUT2D eigenvalue weighted by Gasteiger charge is -2.33. The van der Waals surface area contributed by atoms with Crippen LogP contribution >= 0.6 is 0 Å². The minimum absolute atomic E-state index is 0.00617. The van der Waals surface area contributed by atoms with Crippen molar-refractivity contribution >= 4 is 98.4 Å². The summed E-state index contributed by atoms with van der Waals surface area (Å²) in [5, 5.41) is 13.9. The smallest absolute Gasteiger partial charge is 0.145 e. The van der Waals surface area contributed by atoms with Crippen molar-refractivity contribution < 1.29 is 4.42 Å². The highest BCUT2D eigenvalue weighted by Crippen LogP contribution is 2.68. The first-order valence-electron chi connectivity index (χ1n) is 29.4. The van der Waals surface area contributed by atoms with Gasteiger partial charge in [-0.2, -0.15) is 0 Å². The average Bonchev–Trinajstić information content (AvgIpc) is 1.60. The fourth-order valence-corrected chi connectivity index (χ4v) is 16.1. The monoisotopic (exact) mass is 1100 g/mol. The summed E-state index contributed by atoms with van der Waals surface area (Å²) in [7, 11) is -3.36. The first kappa shape index (κ1) is 51.9. The maximum Gasteiger partial charge on any atom is 0.145 e. The standard InChI is InChI=1S/C77H72N2OSi2/c1-75(2,3)49-30-34-51(35-31-49)78-67-44-42-55(82(10,11)12)46-62(67)48-29-43-60-63(45-48)56-21-13-14-24-59(56)71-72-66(77(73(60)71)64-26-18-15-22-57(64)58-23-16-19-27-65(58)77)47-68(70-61-25-17-20-28-69(61)80-74(70)72)79(52-36-32-50(33-37-52)76(4,5)6)53-38-40-54(41-39-53)81(7,8)9/h13-47,78H,1-12H3. The Kier molecular flexibility index (Phi) is 11.6. The molecular weight excluding hydrogens is 1030 g/mol. The van der Waals surface area contributed by atoms with Crippen LogP contribution in [0.1, 0.15) is 74.9 Å². The summed E-state index contributed by atoms with van der Waals surface area (Å²) in [6.07, 6.45) is 0. The molecule has 0 atom stereocenters. The average molecular weight is 1100 g/mol. The fraction of sp³-hybridized carbons (Fsp3) is 0.195. The predicted octanol–water partition coefficient (Wildman–Crippen LogP) is 20.8. The van der Waals surface area contributed by atoms with Crippen molar-refractivity contribution in [1.29, 1.82) is 0 Å². The number of rotatable bonds is 8. The second-order valence-corrected chi connectivity index (χ2v) is 37.6. The Balaban J connectivity index is 1.10. The van der Waals surface area contributed by atoms with Crippen LogP contribution in [0, 0.1) is 0 Å². The summed E-state index contributed by atoms with van der Waals surface area (Å²) in [4.78, 5) is 2.52. The van der Waals surface area contributed by atoms with Crippen LogP contribution < -0.4 is 20.6 Å². The van der Waals surface area contributed by atoms with E-state index in [2.05, 4.69) is 303 Å². The van der Waals surface area contributed by atoms with E-state index in [1.165, 1.54) is 98.7 Å². The Bertz CT molecular complexity index is 4450. The molecule has 0 unspecified atom stereocenters. The van der Waals surface area contributed by atoms with Crippen LogP contribution in [0.25, 0.3) is 76.9 Å². The van der Waals surface area contributed by atoms with E-state index < -0.39 is 21.6 Å². The van der Waals surface area contributed by atoms with Crippen molar-refractivity contribution in [3.63, 3.8) is 0 Å². The molecular formula is C77H72N2OSi2. The number of benzene rings is 11. The Morgan fingerprint density at radius 1 is 0.427 bits per heavy atom. The van der Waals surface area contributed by atoms with Crippen LogP contribution in [0.2, 0.25) is 39.3 Å². The Labute approximate surface area is 486 Å². The van der Waals surface area contributed by atoms with Crippen LogP contribution in [0.5, 0.6) is 0 Å². The molecule has 0 fully saturated rings. The summed E-state index contributed by atoms with van der Waals surface area (Å²) in [5.74, 6) is 0. The van der Waals surface area contributed by atoms with Gasteiger partial charge in [-0.05, 0) is 149 Å². The summed E-state index contributed by atoms with van der Waals surface area (Å²) in [5.41, 5.74) is 21.8. The van der Waals surface area contributed by atoms with Gasteiger partial charge in [0.15, 0.2) is 0 Å². The van der Waals surface area contributed by atoms with E-state index in [0.29, 0.717) is 0 Å². The van der Waals surface area contributed by atoms with Gasteiger partial charge in [-0.1, -0.05) is 243 Å². The lowest BCUT2D eigenvalue weighted by atomic mass is 9.69. The highest BCUT2D eigenvalue weighted by Gasteiger charge is 2.54. The Morgan fingerprint density at radius 2 is 0.963 bits per heavy atom. The minimum Gasteiger partial charge on any atom is -0.455 e.